The number of aryl methyl sites for hydroxylation is 2. The Kier molecular flexibility index (Phi) is 5.23. The molecule has 1 fully saturated rings. The standard InChI is InChI=1S/C25H28N4O3/c1-4-16-13-17-14-18(24-26-20-7-5-6-8-21(20)28(24)3)25(31)32-23(17)19(22(16)30)15-29-11-9-27(2)10-12-29/h5-8,13-14,30H,4,9-12,15H2,1-3H3. The maximum Gasteiger partial charge on any atom is 0.347 e. The first kappa shape index (κ1) is 20.7. The van der Waals surface area contributed by atoms with Gasteiger partial charge in [-0.15, -0.1) is 0 Å². The van der Waals surface area contributed by atoms with Crippen LogP contribution in [0.2, 0.25) is 0 Å². The van der Waals surface area contributed by atoms with Crippen LogP contribution in [0.5, 0.6) is 5.75 Å². The number of para-hydroxylation sites is 2. The highest BCUT2D eigenvalue weighted by Crippen LogP contribution is 2.34. The van der Waals surface area contributed by atoms with E-state index < -0.39 is 5.63 Å². The van der Waals surface area contributed by atoms with Gasteiger partial charge in [0.25, 0.3) is 0 Å². The van der Waals surface area contributed by atoms with Crippen molar-refractivity contribution in [2.45, 2.75) is 19.9 Å². The van der Waals surface area contributed by atoms with Crippen molar-refractivity contribution in [2.75, 3.05) is 33.2 Å². The number of aromatic nitrogens is 2. The minimum Gasteiger partial charge on any atom is -0.507 e. The van der Waals surface area contributed by atoms with Crippen LogP contribution in [0.25, 0.3) is 33.4 Å². The highest BCUT2D eigenvalue weighted by atomic mass is 16.4. The van der Waals surface area contributed by atoms with Gasteiger partial charge in [0.15, 0.2) is 0 Å². The largest absolute Gasteiger partial charge is 0.507 e. The van der Waals surface area contributed by atoms with Crippen LogP contribution >= 0.6 is 0 Å². The molecule has 0 spiro atoms. The van der Waals surface area contributed by atoms with E-state index in [0.29, 0.717) is 35.5 Å². The molecule has 2 aromatic heterocycles. The molecule has 0 amide bonds. The van der Waals surface area contributed by atoms with E-state index in [-0.39, 0.29) is 5.75 Å². The zero-order valence-electron chi connectivity index (χ0n) is 18.8. The van der Waals surface area contributed by atoms with Crippen molar-refractivity contribution in [1.29, 1.82) is 0 Å². The van der Waals surface area contributed by atoms with Crippen molar-refractivity contribution >= 4 is 22.0 Å². The molecule has 0 radical (unpaired) electrons. The first-order valence-corrected chi connectivity index (χ1v) is 11.1. The monoisotopic (exact) mass is 432 g/mol. The van der Waals surface area contributed by atoms with Gasteiger partial charge in [-0.3, -0.25) is 4.90 Å². The molecule has 0 atom stereocenters. The average Bonchev–Trinajstić information content (AvgIpc) is 3.13. The topological polar surface area (TPSA) is 74.7 Å². The lowest BCUT2D eigenvalue weighted by atomic mass is 10.0. The van der Waals surface area contributed by atoms with Crippen molar-refractivity contribution in [1.82, 2.24) is 19.4 Å². The van der Waals surface area contributed by atoms with Crippen LogP contribution in [0.4, 0.5) is 0 Å². The number of phenols is 1. The second-order valence-corrected chi connectivity index (χ2v) is 8.64. The van der Waals surface area contributed by atoms with Crippen LogP contribution in [-0.4, -0.2) is 57.7 Å². The number of likely N-dealkylation sites (N-methyl/N-ethyl adjacent to an activating group) is 1. The van der Waals surface area contributed by atoms with E-state index in [1.54, 1.807) is 0 Å². The summed E-state index contributed by atoms with van der Waals surface area (Å²) in [4.78, 5) is 22.4. The molecule has 1 aliphatic heterocycles. The first-order chi connectivity index (χ1) is 15.5. The number of imidazole rings is 1. The smallest absolute Gasteiger partial charge is 0.347 e. The molecule has 0 aliphatic carbocycles. The highest BCUT2D eigenvalue weighted by Gasteiger charge is 2.22. The van der Waals surface area contributed by atoms with Crippen molar-refractivity contribution in [3.05, 3.63) is 57.9 Å². The highest BCUT2D eigenvalue weighted by molar-refractivity contribution is 5.88. The van der Waals surface area contributed by atoms with Gasteiger partial charge >= 0.3 is 5.63 Å². The fraction of sp³-hybridized carbons (Fsp3) is 0.360. The van der Waals surface area contributed by atoms with E-state index in [0.717, 1.165) is 48.2 Å². The average molecular weight is 433 g/mol. The molecule has 166 valence electrons. The molecule has 0 bridgehead atoms. The predicted molar refractivity (Wildman–Crippen MR) is 126 cm³/mol. The van der Waals surface area contributed by atoms with E-state index in [4.69, 9.17) is 4.42 Å². The number of nitrogens with zero attached hydrogens (tertiary/aromatic N) is 4. The van der Waals surface area contributed by atoms with Crippen molar-refractivity contribution < 1.29 is 9.52 Å². The molecular weight excluding hydrogens is 404 g/mol. The quantitative estimate of drug-likeness (QED) is 0.499. The number of phenolic OH excluding ortho intramolecular Hbond substituents is 1. The molecule has 7 heteroatoms. The lowest BCUT2D eigenvalue weighted by Crippen LogP contribution is -2.43. The third kappa shape index (κ3) is 3.47. The van der Waals surface area contributed by atoms with Crippen LogP contribution in [0.15, 0.2) is 45.6 Å². The summed E-state index contributed by atoms with van der Waals surface area (Å²) in [5.41, 5.74) is 3.78. The Bertz CT molecular complexity index is 1360. The van der Waals surface area contributed by atoms with Gasteiger partial charge in [-0.1, -0.05) is 19.1 Å². The lowest BCUT2D eigenvalue weighted by Gasteiger charge is -2.32. The molecule has 1 aliphatic rings. The Hall–Kier alpha value is -3.16. The number of hydrogen-bond donors (Lipinski definition) is 1. The number of piperazine rings is 1. The van der Waals surface area contributed by atoms with Crippen molar-refractivity contribution in [3.63, 3.8) is 0 Å². The molecular formula is C25H28N4O3. The minimum absolute atomic E-state index is 0.234. The van der Waals surface area contributed by atoms with Crippen molar-refractivity contribution in [2.24, 2.45) is 7.05 Å². The van der Waals surface area contributed by atoms with E-state index in [1.807, 2.05) is 54.9 Å². The molecule has 0 saturated carbocycles. The summed E-state index contributed by atoms with van der Waals surface area (Å²) < 4.78 is 7.78. The molecule has 0 unspecified atom stereocenters. The van der Waals surface area contributed by atoms with E-state index in [9.17, 15) is 9.90 Å². The Labute approximate surface area is 186 Å². The molecule has 1 saturated heterocycles. The van der Waals surface area contributed by atoms with Crippen LogP contribution in [-0.2, 0) is 20.0 Å². The predicted octanol–water partition coefficient (Wildman–Crippen LogP) is 3.36. The zero-order valence-corrected chi connectivity index (χ0v) is 18.8. The van der Waals surface area contributed by atoms with Crippen LogP contribution in [0, 0.1) is 0 Å². The van der Waals surface area contributed by atoms with E-state index >= 15 is 0 Å². The first-order valence-electron chi connectivity index (χ1n) is 11.1. The Morgan fingerprint density at radius 1 is 1.09 bits per heavy atom. The van der Waals surface area contributed by atoms with Gasteiger partial charge in [-0.25, -0.2) is 9.78 Å². The molecule has 5 rings (SSSR count). The Morgan fingerprint density at radius 3 is 2.56 bits per heavy atom. The number of benzene rings is 2. The van der Waals surface area contributed by atoms with Crippen LogP contribution in [0.3, 0.4) is 0 Å². The Balaban J connectivity index is 1.65. The normalized spacial score (nSPS) is 15.7. The third-order valence-electron chi connectivity index (χ3n) is 6.56. The van der Waals surface area contributed by atoms with Crippen molar-refractivity contribution in [3.8, 4) is 17.1 Å². The maximum atomic E-state index is 13.1. The van der Waals surface area contributed by atoms with Gasteiger partial charge in [0.1, 0.15) is 22.7 Å². The number of aromatic hydroxyl groups is 1. The van der Waals surface area contributed by atoms with Crippen LogP contribution < -0.4 is 5.63 Å². The molecule has 2 aromatic carbocycles. The Morgan fingerprint density at radius 2 is 1.84 bits per heavy atom. The summed E-state index contributed by atoms with van der Waals surface area (Å²) in [6.45, 7) is 6.36. The van der Waals surface area contributed by atoms with Gasteiger partial charge < -0.3 is 19.0 Å². The minimum atomic E-state index is -0.445. The second-order valence-electron chi connectivity index (χ2n) is 8.64. The summed E-state index contributed by atoms with van der Waals surface area (Å²) in [5, 5.41) is 11.8. The number of fused-ring (bicyclic) bond motifs is 2. The second kappa shape index (κ2) is 8.07. The summed E-state index contributed by atoms with van der Waals surface area (Å²) in [6.07, 6.45) is 0.693. The third-order valence-corrected chi connectivity index (χ3v) is 6.56. The molecule has 32 heavy (non-hydrogen) atoms. The summed E-state index contributed by atoms with van der Waals surface area (Å²) >= 11 is 0. The van der Waals surface area contributed by atoms with E-state index in [2.05, 4.69) is 21.8 Å². The number of hydrogen-bond acceptors (Lipinski definition) is 6. The van der Waals surface area contributed by atoms with Gasteiger partial charge in [0.2, 0.25) is 0 Å². The molecule has 4 aromatic rings. The summed E-state index contributed by atoms with van der Waals surface area (Å²) in [7, 11) is 4.02. The van der Waals surface area contributed by atoms with Gasteiger partial charge in [0.05, 0.1) is 16.6 Å². The number of rotatable bonds is 4. The van der Waals surface area contributed by atoms with Crippen LogP contribution in [0.1, 0.15) is 18.1 Å². The zero-order chi connectivity index (χ0) is 22.4. The SMILES string of the molecule is CCc1cc2cc(-c3nc4ccccc4n3C)c(=O)oc2c(CN2CCN(C)CC2)c1O. The fourth-order valence-electron chi connectivity index (χ4n) is 4.58. The fourth-order valence-corrected chi connectivity index (χ4v) is 4.58. The maximum absolute atomic E-state index is 13.1. The van der Waals surface area contributed by atoms with E-state index in [1.165, 1.54) is 0 Å². The lowest BCUT2D eigenvalue weighted by molar-refractivity contribution is 0.147. The summed E-state index contributed by atoms with van der Waals surface area (Å²) in [5.74, 6) is 0.811. The molecule has 1 N–H and O–H groups in total. The molecule has 3 heterocycles. The van der Waals surface area contributed by atoms with Gasteiger partial charge in [-0.2, -0.15) is 0 Å². The molecule has 7 nitrogen and oxygen atoms in total. The summed E-state index contributed by atoms with van der Waals surface area (Å²) in [6, 6.07) is 11.6. The van der Waals surface area contributed by atoms with Gasteiger partial charge in [0, 0.05) is 45.2 Å². The van der Waals surface area contributed by atoms with Gasteiger partial charge in [-0.05, 0) is 43.3 Å².